The summed E-state index contributed by atoms with van der Waals surface area (Å²) >= 11 is 5.61. The average Bonchev–Trinajstić information content (AvgIpc) is 1.87. The molecule has 56 valence electrons. The molecule has 0 spiro atoms. The lowest BCUT2D eigenvalue weighted by molar-refractivity contribution is 1.24. The fraction of sp³-hybridized carbons (Fsp3) is 0.286. The summed E-state index contributed by atoms with van der Waals surface area (Å²) in [5.41, 5.74) is 6.94. The van der Waals surface area contributed by atoms with Crippen LogP contribution in [0.4, 0.5) is 0 Å². The van der Waals surface area contributed by atoms with E-state index in [0.29, 0.717) is 10.7 Å². The maximum atomic E-state index is 5.61. The first-order chi connectivity index (χ1) is 4.59. The first-order valence-corrected chi connectivity index (χ1v) is 3.22. The van der Waals surface area contributed by atoms with E-state index >= 15 is 0 Å². The second kappa shape index (κ2) is 4.12. The minimum atomic E-state index is 0.564. The van der Waals surface area contributed by atoms with Crippen LogP contribution in [0.25, 0.3) is 0 Å². The van der Waals surface area contributed by atoms with E-state index in [2.05, 4.69) is 11.7 Å². The van der Waals surface area contributed by atoms with Crippen molar-refractivity contribution in [2.24, 2.45) is 10.7 Å². The van der Waals surface area contributed by atoms with E-state index in [9.17, 15) is 0 Å². The van der Waals surface area contributed by atoms with Gasteiger partial charge in [0.1, 0.15) is 0 Å². The van der Waals surface area contributed by atoms with Gasteiger partial charge in [0, 0.05) is 11.2 Å². The van der Waals surface area contributed by atoms with Gasteiger partial charge in [-0.2, -0.15) is 0 Å². The van der Waals surface area contributed by atoms with Crippen molar-refractivity contribution >= 4 is 18.3 Å². The number of rotatable bonds is 2. The van der Waals surface area contributed by atoms with Gasteiger partial charge in [0.05, 0.1) is 5.70 Å². The lowest BCUT2D eigenvalue weighted by Crippen LogP contribution is -1.99. The Morgan fingerprint density at radius 3 is 2.40 bits per heavy atom. The quantitative estimate of drug-likeness (QED) is 0.485. The van der Waals surface area contributed by atoms with Crippen molar-refractivity contribution in [2.45, 2.75) is 13.8 Å². The molecule has 0 unspecified atom stereocenters. The number of aliphatic imine (C=N–C) groups is 1. The molecule has 0 aromatic carbocycles. The smallest absolute Gasteiger partial charge is 0.0503 e. The highest BCUT2D eigenvalue weighted by atomic mass is 35.5. The summed E-state index contributed by atoms with van der Waals surface area (Å²) < 4.78 is 0. The van der Waals surface area contributed by atoms with Gasteiger partial charge >= 0.3 is 0 Å². The van der Waals surface area contributed by atoms with E-state index in [1.165, 1.54) is 0 Å². The van der Waals surface area contributed by atoms with E-state index in [1.54, 1.807) is 13.1 Å². The highest BCUT2D eigenvalue weighted by Gasteiger charge is 1.95. The molecule has 10 heavy (non-hydrogen) atoms. The third kappa shape index (κ3) is 2.69. The molecule has 2 N–H and O–H groups in total. The minimum Gasteiger partial charge on any atom is -0.398 e. The van der Waals surface area contributed by atoms with Crippen LogP contribution in [0.1, 0.15) is 13.8 Å². The predicted molar refractivity (Wildman–Crippen MR) is 46.0 cm³/mol. The number of hydrogen-bond donors (Lipinski definition) is 1. The van der Waals surface area contributed by atoms with Gasteiger partial charge in [-0.1, -0.05) is 11.6 Å². The highest BCUT2D eigenvalue weighted by Crippen LogP contribution is 2.11. The van der Waals surface area contributed by atoms with Crippen molar-refractivity contribution in [3.63, 3.8) is 0 Å². The Morgan fingerprint density at radius 1 is 1.60 bits per heavy atom. The third-order valence-electron chi connectivity index (χ3n) is 1.08. The summed E-state index contributed by atoms with van der Waals surface area (Å²) in [4.78, 5) is 3.55. The van der Waals surface area contributed by atoms with Crippen molar-refractivity contribution in [2.75, 3.05) is 0 Å². The summed E-state index contributed by atoms with van der Waals surface area (Å²) in [5, 5.41) is 0.581. The zero-order valence-corrected chi connectivity index (χ0v) is 6.94. The Morgan fingerprint density at radius 2 is 2.10 bits per heavy atom. The Hall–Kier alpha value is -0.760. The molecule has 0 fully saturated rings. The predicted octanol–water partition coefficient (Wildman–Crippen LogP) is 2.02. The molecule has 3 heteroatoms. The van der Waals surface area contributed by atoms with Crippen LogP contribution >= 0.6 is 11.6 Å². The van der Waals surface area contributed by atoms with E-state index in [-0.39, 0.29) is 0 Å². The number of halogens is 1. The van der Waals surface area contributed by atoms with Crippen molar-refractivity contribution < 1.29 is 0 Å². The SMILES string of the molecule is C=N/C=C(C)\C(N)=C(/C)Cl. The Bertz CT molecular complexity index is 188. The molecule has 0 aliphatic rings. The van der Waals surface area contributed by atoms with Gasteiger partial charge in [-0.05, 0) is 26.1 Å². The van der Waals surface area contributed by atoms with Gasteiger partial charge in [0.15, 0.2) is 0 Å². The maximum absolute atomic E-state index is 5.61. The van der Waals surface area contributed by atoms with Crippen LogP contribution in [0.5, 0.6) is 0 Å². The fourth-order valence-corrected chi connectivity index (χ4v) is 0.627. The van der Waals surface area contributed by atoms with Gasteiger partial charge in [-0.25, -0.2) is 0 Å². The summed E-state index contributed by atoms with van der Waals surface area (Å²) in [6, 6.07) is 0. The molecule has 0 rings (SSSR count). The molecular formula is C7H11ClN2. The largest absolute Gasteiger partial charge is 0.398 e. The van der Waals surface area contributed by atoms with Crippen LogP contribution in [-0.4, -0.2) is 6.72 Å². The van der Waals surface area contributed by atoms with Crippen molar-refractivity contribution in [1.29, 1.82) is 0 Å². The number of hydrogen-bond acceptors (Lipinski definition) is 2. The van der Waals surface area contributed by atoms with E-state index in [4.69, 9.17) is 17.3 Å². The Kier molecular flexibility index (Phi) is 3.81. The zero-order chi connectivity index (χ0) is 8.15. The molecule has 0 aliphatic heterocycles. The molecule has 2 nitrogen and oxygen atoms in total. The summed E-state index contributed by atoms with van der Waals surface area (Å²) in [7, 11) is 0. The van der Waals surface area contributed by atoms with Crippen LogP contribution in [0, 0.1) is 0 Å². The molecule has 0 heterocycles. The van der Waals surface area contributed by atoms with Crippen LogP contribution in [0.2, 0.25) is 0 Å². The van der Waals surface area contributed by atoms with Crippen molar-refractivity contribution in [3.05, 3.63) is 22.5 Å². The molecule has 0 saturated heterocycles. The van der Waals surface area contributed by atoms with Gasteiger partial charge in [-0.15, -0.1) is 0 Å². The van der Waals surface area contributed by atoms with Crippen LogP contribution < -0.4 is 5.73 Å². The second-order valence-corrected chi connectivity index (χ2v) is 2.51. The lowest BCUT2D eigenvalue weighted by Gasteiger charge is -1.99. The lowest BCUT2D eigenvalue weighted by atomic mass is 10.2. The molecule has 0 radical (unpaired) electrons. The molecule has 0 amide bonds. The monoisotopic (exact) mass is 158 g/mol. The molecule has 0 aromatic rings. The zero-order valence-electron chi connectivity index (χ0n) is 6.19. The van der Waals surface area contributed by atoms with Crippen molar-refractivity contribution in [1.82, 2.24) is 0 Å². The minimum absolute atomic E-state index is 0.564. The molecule has 0 saturated carbocycles. The van der Waals surface area contributed by atoms with Crippen molar-refractivity contribution in [3.8, 4) is 0 Å². The van der Waals surface area contributed by atoms with E-state index in [1.807, 2.05) is 6.92 Å². The molecule has 0 aromatic heterocycles. The Labute approximate surface area is 66.1 Å². The summed E-state index contributed by atoms with van der Waals surface area (Å²) in [6.45, 7) is 6.86. The van der Waals surface area contributed by atoms with Gasteiger partial charge in [0.25, 0.3) is 0 Å². The molecular weight excluding hydrogens is 148 g/mol. The van der Waals surface area contributed by atoms with Crippen LogP contribution in [-0.2, 0) is 0 Å². The fourth-order valence-electron chi connectivity index (χ4n) is 0.478. The molecule has 0 bridgehead atoms. The second-order valence-electron chi connectivity index (χ2n) is 1.94. The molecule has 0 atom stereocenters. The standard InChI is InChI=1S/C7H11ClN2/c1-5(4-10-3)7(9)6(2)8/h4H,3,9H2,1-2H3/b5-4-,7-6-. The van der Waals surface area contributed by atoms with Gasteiger partial charge in [-0.3, -0.25) is 4.99 Å². The normalized spacial score (nSPS) is 14.5. The topological polar surface area (TPSA) is 38.4 Å². The average molecular weight is 159 g/mol. The number of nitrogens with zero attached hydrogens (tertiary/aromatic N) is 1. The Balaban J connectivity index is 4.51. The third-order valence-corrected chi connectivity index (χ3v) is 1.28. The van der Waals surface area contributed by atoms with Crippen LogP contribution in [0.15, 0.2) is 27.5 Å². The summed E-state index contributed by atoms with van der Waals surface area (Å²) in [6.07, 6.45) is 1.57. The molecule has 0 aliphatic carbocycles. The van der Waals surface area contributed by atoms with Gasteiger partial charge in [0.2, 0.25) is 0 Å². The number of nitrogens with two attached hydrogens (primary N) is 1. The van der Waals surface area contributed by atoms with E-state index < -0.39 is 0 Å². The number of allylic oxidation sites excluding steroid dienone is 2. The first kappa shape index (κ1) is 9.24. The van der Waals surface area contributed by atoms with Gasteiger partial charge < -0.3 is 5.73 Å². The maximum Gasteiger partial charge on any atom is 0.0503 e. The first-order valence-electron chi connectivity index (χ1n) is 2.84. The summed E-state index contributed by atoms with van der Waals surface area (Å²) in [5.74, 6) is 0. The van der Waals surface area contributed by atoms with E-state index in [0.717, 1.165) is 5.57 Å². The highest BCUT2D eigenvalue weighted by molar-refractivity contribution is 6.29. The van der Waals surface area contributed by atoms with Crippen LogP contribution in [0.3, 0.4) is 0 Å².